The first kappa shape index (κ1) is 9.83. The Hall–Kier alpha value is -1.26. The highest BCUT2D eigenvalue weighted by Crippen LogP contribution is 1.98. The highest BCUT2D eigenvalue weighted by Gasteiger charge is 2.01. The van der Waals surface area contributed by atoms with Crippen molar-refractivity contribution in [3.05, 3.63) is 11.9 Å². The van der Waals surface area contributed by atoms with Gasteiger partial charge < -0.3 is 4.79 Å². The first-order valence-corrected chi connectivity index (χ1v) is 4.17. The van der Waals surface area contributed by atoms with E-state index in [0.717, 1.165) is 5.69 Å². The van der Waals surface area contributed by atoms with Crippen molar-refractivity contribution in [2.75, 3.05) is 6.67 Å². The maximum absolute atomic E-state index is 11.9. The highest BCUT2D eigenvalue weighted by molar-refractivity contribution is 5.75. The summed E-state index contributed by atoms with van der Waals surface area (Å²) in [6, 6.07) is 0. The molecule has 0 amide bonds. The van der Waals surface area contributed by atoms with E-state index in [2.05, 4.69) is 10.3 Å². The zero-order chi connectivity index (χ0) is 9.68. The molecule has 1 rings (SSSR count). The second-order valence-corrected chi connectivity index (χ2v) is 2.86. The second-order valence-electron chi connectivity index (χ2n) is 2.86. The smallest absolute Gasteiger partial charge is 0.130 e. The lowest BCUT2D eigenvalue weighted by Gasteiger charge is -1.91. The fraction of sp³-hybridized carbons (Fsp3) is 0.625. The third-order valence-electron chi connectivity index (χ3n) is 1.63. The molecule has 0 radical (unpaired) electrons. The molecule has 1 heterocycles. The number of ketones is 1. The van der Waals surface area contributed by atoms with E-state index in [1.165, 1.54) is 11.6 Å². The Bertz CT molecular complexity index is 285. The Morgan fingerprint density at radius 3 is 3.08 bits per heavy atom. The number of aromatic nitrogens is 3. The van der Waals surface area contributed by atoms with E-state index in [1.807, 2.05) is 0 Å². The van der Waals surface area contributed by atoms with Gasteiger partial charge in [0.2, 0.25) is 0 Å². The molecular weight excluding hydrogens is 173 g/mol. The number of hydrogen-bond donors (Lipinski definition) is 0. The molecule has 0 aliphatic heterocycles. The number of carbonyl (C=O) groups is 1. The molecule has 72 valence electrons. The Kier molecular flexibility index (Phi) is 3.54. The summed E-state index contributed by atoms with van der Waals surface area (Å²) in [6.07, 6.45) is 2.72. The maximum atomic E-state index is 11.9. The largest absolute Gasteiger partial charge is 0.300 e. The number of hydrogen-bond acceptors (Lipinski definition) is 3. The van der Waals surface area contributed by atoms with Gasteiger partial charge in [0.1, 0.15) is 12.5 Å². The number of alkyl halides is 1. The van der Waals surface area contributed by atoms with Crippen molar-refractivity contribution in [1.29, 1.82) is 0 Å². The zero-order valence-corrected chi connectivity index (χ0v) is 7.53. The van der Waals surface area contributed by atoms with Crippen molar-refractivity contribution in [2.45, 2.75) is 26.3 Å². The lowest BCUT2D eigenvalue weighted by atomic mass is 10.2. The number of Topliss-reactive ketones (excluding diaryl/α,β-unsaturated/α-hetero) is 1. The minimum absolute atomic E-state index is 0.125. The summed E-state index contributed by atoms with van der Waals surface area (Å²) < 4.78 is 13.3. The van der Waals surface area contributed by atoms with Crippen molar-refractivity contribution in [3.8, 4) is 0 Å². The molecule has 0 unspecified atom stereocenters. The zero-order valence-electron chi connectivity index (χ0n) is 7.53. The number of aryl methyl sites for hydroxylation is 2. The summed E-state index contributed by atoms with van der Waals surface area (Å²) in [5.74, 6) is 0.125. The predicted octanol–water partition coefficient (Wildman–Crippen LogP) is 0.769. The predicted molar refractivity (Wildman–Crippen MR) is 45.0 cm³/mol. The molecule has 0 aromatic carbocycles. The molecule has 0 fully saturated rings. The van der Waals surface area contributed by atoms with E-state index in [4.69, 9.17) is 0 Å². The van der Waals surface area contributed by atoms with Gasteiger partial charge in [-0.2, -0.15) is 0 Å². The van der Waals surface area contributed by atoms with Gasteiger partial charge in [-0.25, -0.2) is 9.07 Å². The Labute approximate surface area is 75.7 Å². The van der Waals surface area contributed by atoms with E-state index < -0.39 is 6.67 Å². The van der Waals surface area contributed by atoms with E-state index >= 15 is 0 Å². The number of carbonyl (C=O) groups excluding carboxylic acids is 1. The van der Waals surface area contributed by atoms with Crippen LogP contribution in [0.1, 0.15) is 19.0 Å². The maximum Gasteiger partial charge on any atom is 0.130 e. The molecule has 0 atom stereocenters. The van der Waals surface area contributed by atoms with Crippen LogP contribution in [0, 0.1) is 0 Å². The topological polar surface area (TPSA) is 47.8 Å². The van der Waals surface area contributed by atoms with Crippen LogP contribution in [0.15, 0.2) is 6.20 Å². The van der Waals surface area contributed by atoms with Crippen molar-refractivity contribution >= 4 is 5.78 Å². The molecule has 4 nitrogen and oxygen atoms in total. The van der Waals surface area contributed by atoms with Crippen LogP contribution >= 0.6 is 0 Å². The van der Waals surface area contributed by atoms with Gasteiger partial charge in [0.05, 0.1) is 12.2 Å². The SMILES string of the molecule is CC(=O)CCc1cn(CCF)nn1. The normalized spacial score (nSPS) is 10.3. The summed E-state index contributed by atoms with van der Waals surface area (Å²) in [7, 11) is 0. The van der Waals surface area contributed by atoms with Crippen LogP contribution < -0.4 is 0 Å². The first-order valence-electron chi connectivity index (χ1n) is 4.17. The van der Waals surface area contributed by atoms with Gasteiger partial charge in [-0.3, -0.25) is 0 Å². The average molecular weight is 185 g/mol. The lowest BCUT2D eigenvalue weighted by Crippen LogP contribution is -1.99. The van der Waals surface area contributed by atoms with Gasteiger partial charge in [0.15, 0.2) is 0 Å². The van der Waals surface area contributed by atoms with Crippen molar-refractivity contribution < 1.29 is 9.18 Å². The molecule has 0 aliphatic carbocycles. The van der Waals surface area contributed by atoms with Gasteiger partial charge in [-0.15, -0.1) is 5.10 Å². The molecule has 1 aromatic heterocycles. The third kappa shape index (κ3) is 3.31. The Morgan fingerprint density at radius 2 is 2.46 bits per heavy atom. The van der Waals surface area contributed by atoms with Crippen LogP contribution in [0.25, 0.3) is 0 Å². The van der Waals surface area contributed by atoms with Gasteiger partial charge in [0.25, 0.3) is 0 Å². The van der Waals surface area contributed by atoms with E-state index in [1.54, 1.807) is 6.20 Å². The standard InChI is InChI=1S/C8H12FN3O/c1-7(13)2-3-8-6-12(5-4-9)11-10-8/h6H,2-5H2,1H3. The third-order valence-corrected chi connectivity index (χ3v) is 1.63. The van der Waals surface area contributed by atoms with E-state index in [9.17, 15) is 9.18 Å². The summed E-state index contributed by atoms with van der Waals surface area (Å²) in [5, 5.41) is 7.50. The summed E-state index contributed by atoms with van der Waals surface area (Å²) in [5.41, 5.74) is 0.739. The summed E-state index contributed by atoms with van der Waals surface area (Å²) in [4.78, 5) is 10.6. The van der Waals surface area contributed by atoms with Crippen LogP contribution in [0.5, 0.6) is 0 Å². The van der Waals surface area contributed by atoms with Crippen molar-refractivity contribution in [2.24, 2.45) is 0 Å². The molecule has 0 saturated carbocycles. The quantitative estimate of drug-likeness (QED) is 0.680. The van der Waals surface area contributed by atoms with Crippen LogP contribution in [0.2, 0.25) is 0 Å². The highest BCUT2D eigenvalue weighted by atomic mass is 19.1. The van der Waals surface area contributed by atoms with Crippen LogP contribution in [-0.2, 0) is 17.8 Å². The molecular formula is C8H12FN3O. The molecule has 0 bridgehead atoms. The number of halogens is 1. The molecule has 13 heavy (non-hydrogen) atoms. The molecule has 0 aliphatic rings. The Balaban J connectivity index is 2.44. The molecule has 5 heteroatoms. The Morgan fingerprint density at radius 1 is 1.69 bits per heavy atom. The first-order chi connectivity index (χ1) is 6.22. The average Bonchev–Trinajstić information content (AvgIpc) is 2.50. The van der Waals surface area contributed by atoms with Gasteiger partial charge in [-0.1, -0.05) is 5.21 Å². The minimum Gasteiger partial charge on any atom is -0.300 e. The fourth-order valence-corrected chi connectivity index (χ4v) is 0.953. The molecule has 1 aromatic rings. The summed E-state index contributed by atoms with van der Waals surface area (Å²) >= 11 is 0. The lowest BCUT2D eigenvalue weighted by molar-refractivity contribution is -0.116. The molecule has 0 N–H and O–H groups in total. The van der Waals surface area contributed by atoms with Crippen molar-refractivity contribution in [3.63, 3.8) is 0 Å². The monoisotopic (exact) mass is 185 g/mol. The van der Waals surface area contributed by atoms with Crippen LogP contribution in [0.4, 0.5) is 4.39 Å². The van der Waals surface area contributed by atoms with Gasteiger partial charge in [0, 0.05) is 12.6 Å². The number of rotatable bonds is 5. The van der Waals surface area contributed by atoms with Crippen molar-refractivity contribution in [1.82, 2.24) is 15.0 Å². The number of nitrogens with zero attached hydrogens (tertiary/aromatic N) is 3. The molecule has 0 spiro atoms. The molecule has 0 saturated heterocycles. The minimum atomic E-state index is -0.449. The fourth-order valence-electron chi connectivity index (χ4n) is 0.953. The van der Waals surface area contributed by atoms with Crippen LogP contribution in [0.3, 0.4) is 0 Å². The van der Waals surface area contributed by atoms with Crippen LogP contribution in [-0.4, -0.2) is 27.5 Å². The van der Waals surface area contributed by atoms with E-state index in [-0.39, 0.29) is 12.3 Å². The van der Waals surface area contributed by atoms with Gasteiger partial charge >= 0.3 is 0 Å². The van der Waals surface area contributed by atoms with E-state index in [0.29, 0.717) is 12.8 Å². The van der Waals surface area contributed by atoms with Gasteiger partial charge in [-0.05, 0) is 13.3 Å². The second kappa shape index (κ2) is 4.69. The summed E-state index contributed by atoms with van der Waals surface area (Å²) in [6.45, 7) is 1.31.